The predicted octanol–water partition coefficient (Wildman–Crippen LogP) is 0.931. The second-order valence-electron chi connectivity index (χ2n) is 5.74. The average Bonchev–Trinajstić information content (AvgIpc) is 2.47. The number of nitrogens with zero attached hydrogens (tertiary/aromatic N) is 3. The van der Waals surface area contributed by atoms with Crippen molar-refractivity contribution in [1.29, 1.82) is 0 Å². The third kappa shape index (κ3) is 7.93. The predicted molar refractivity (Wildman–Crippen MR) is 95.5 cm³/mol. The standard InChI is InChI=1S/C15H33N5S/c1-5-16-15(17-8-6-7-11-21-4)18-12-14-13-19(2)9-10-20(14)3/h14H,5-13H2,1-4H3,(H2,16,17,18). The molecule has 1 rings (SSSR count). The number of hydrogen-bond acceptors (Lipinski definition) is 4. The van der Waals surface area contributed by atoms with Gasteiger partial charge in [-0.1, -0.05) is 0 Å². The number of hydrogen-bond donors (Lipinski definition) is 2. The Bertz CT molecular complexity index is 298. The van der Waals surface area contributed by atoms with Crippen LogP contribution in [-0.2, 0) is 0 Å². The molecule has 1 aliphatic heterocycles. The summed E-state index contributed by atoms with van der Waals surface area (Å²) in [6.07, 6.45) is 4.64. The Morgan fingerprint density at radius 1 is 1.24 bits per heavy atom. The zero-order chi connectivity index (χ0) is 15.5. The zero-order valence-corrected chi connectivity index (χ0v) is 15.0. The Kier molecular flexibility index (Phi) is 9.87. The highest BCUT2D eigenvalue weighted by Crippen LogP contribution is 2.06. The Hall–Kier alpha value is -0.460. The van der Waals surface area contributed by atoms with Crippen molar-refractivity contribution in [1.82, 2.24) is 20.4 Å². The van der Waals surface area contributed by atoms with E-state index in [0.717, 1.165) is 45.2 Å². The van der Waals surface area contributed by atoms with E-state index in [1.54, 1.807) is 0 Å². The van der Waals surface area contributed by atoms with Gasteiger partial charge in [-0.25, -0.2) is 0 Å². The van der Waals surface area contributed by atoms with E-state index in [1.165, 1.54) is 18.6 Å². The Labute approximate surface area is 134 Å². The van der Waals surface area contributed by atoms with Gasteiger partial charge in [-0.3, -0.25) is 9.89 Å². The average molecular weight is 316 g/mol. The molecule has 1 saturated heterocycles. The summed E-state index contributed by atoms with van der Waals surface area (Å²) in [5.74, 6) is 2.21. The molecule has 0 saturated carbocycles. The molecule has 6 heteroatoms. The van der Waals surface area contributed by atoms with E-state index in [1.807, 2.05) is 11.8 Å². The molecule has 0 amide bonds. The zero-order valence-electron chi connectivity index (χ0n) is 14.2. The number of piperazine rings is 1. The monoisotopic (exact) mass is 315 g/mol. The molecule has 0 radical (unpaired) electrons. The lowest BCUT2D eigenvalue weighted by molar-refractivity contribution is 0.119. The fourth-order valence-corrected chi connectivity index (χ4v) is 2.91. The number of rotatable bonds is 8. The van der Waals surface area contributed by atoms with Gasteiger partial charge >= 0.3 is 0 Å². The van der Waals surface area contributed by atoms with Gasteiger partial charge in [0.25, 0.3) is 0 Å². The van der Waals surface area contributed by atoms with Crippen LogP contribution in [0.4, 0.5) is 0 Å². The third-order valence-corrected chi connectivity index (χ3v) is 4.55. The van der Waals surface area contributed by atoms with Crippen LogP contribution in [0.25, 0.3) is 0 Å². The van der Waals surface area contributed by atoms with E-state index >= 15 is 0 Å². The first-order valence-corrected chi connectivity index (χ1v) is 9.46. The Morgan fingerprint density at radius 3 is 2.76 bits per heavy atom. The molecular formula is C15H33N5S. The van der Waals surface area contributed by atoms with E-state index in [4.69, 9.17) is 4.99 Å². The summed E-state index contributed by atoms with van der Waals surface area (Å²) in [5, 5.41) is 6.78. The quantitative estimate of drug-likeness (QED) is 0.396. The van der Waals surface area contributed by atoms with Crippen molar-refractivity contribution in [2.45, 2.75) is 25.8 Å². The van der Waals surface area contributed by atoms with Crippen LogP contribution in [0.3, 0.4) is 0 Å². The van der Waals surface area contributed by atoms with Crippen LogP contribution in [0.1, 0.15) is 19.8 Å². The van der Waals surface area contributed by atoms with Crippen LogP contribution >= 0.6 is 11.8 Å². The first kappa shape index (κ1) is 18.6. The lowest BCUT2D eigenvalue weighted by Crippen LogP contribution is -2.51. The summed E-state index contributed by atoms with van der Waals surface area (Å²) < 4.78 is 0. The highest BCUT2D eigenvalue weighted by atomic mass is 32.2. The van der Waals surface area contributed by atoms with Gasteiger partial charge in [0.05, 0.1) is 6.54 Å². The van der Waals surface area contributed by atoms with Gasteiger partial charge < -0.3 is 15.5 Å². The first-order valence-electron chi connectivity index (χ1n) is 8.07. The largest absolute Gasteiger partial charge is 0.357 e. The van der Waals surface area contributed by atoms with Crippen LogP contribution in [0, 0.1) is 0 Å². The van der Waals surface area contributed by atoms with E-state index in [2.05, 4.69) is 47.7 Å². The second-order valence-corrected chi connectivity index (χ2v) is 6.73. The van der Waals surface area contributed by atoms with E-state index < -0.39 is 0 Å². The molecule has 0 aromatic heterocycles. The third-order valence-electron chi connectivity index (χ3n) is 3.85. The molecule has 1 unspecified atom stereocenters. The maximum Gasteiger partial charge on any atom is 0.191 e. The molecular weight excluding hydrogens is 282 g/mol. The number of aliphatic imine (C=N–C) groups is 1. The topological polar surface area (TPSA) is 42.9 Å². The number of likely N-dealkylation sites (N-methyl/N-ethyl adjacent to an activating group) is 2. The summed E-state index contributed by atoms with van der Waals surface area (Å²) in [6.45, 7) is 8.29. The summed E-state index contributed by atoms with van der Waals surface area (Å²) in [5.41, 5.74) is 0. The van der Waals surface area contributed by atoms with Crippen molar-refractivity contribution in [2.75, 3.05) is 65.4 Å². The molecule has 1 atom stereocenters. The smallest absolute Gasteiger partial charge is 0.191 e. The van der Waals surface area contributed by atoms with Gasteiger partial charge in [-0.05, 0) is 45.9 Å². The first-order chi connectivity index (χ1) is 10.2. The van der Waals surface area contributed by atoms with Crippen molar-refractivity contribution >= 4 is 17.7 Å². The molecule has 1 fully saturated rings. The summed E-state index contributed by atoms with van der Waals surface area (Å²) in [4.78, 5) is 9.57. The number of nitrogens with one attached hydrogen (secondary N) is 2. The van der Waals surface area contributed by atoms with E-state index in [-0.39, 0.29) is 0 Å². The lowest BCUT2D eigenvalue weighted by Gasteiger charge is -2.36. The van der Waals surface area contributed by atoms with Crippen LogP contribution in [0.15, 0.2) is 4.99 Å². The Morgan fingerprint density at radius 2 is 2.05 bits per heavy atom. The highest BCUT2D eigenvalue weighted by Gasteiger charge is 2.21. The number of unbranched alkanes of at least 4 members (excludes halogenated alkanes) is 1. The minimum atomic E-state index is 0.524. The molecule has 0 aliphatic carbocycles. The van der Waals surface area contributed by atoms with Crippen molar-refractivity contribution in [2.24, 2.45) is 4.99 Å². The van der Waals surface area contributed by atoms with Crippen LogP contribution in [-0.4, -0.2) is 87.2 Å². The van der Waals surface area contributed by atoms with Gasteiger partial charge in [0.1, 0.15) is 0 Å². The molecule has 0 spiro atoms. The van der Waals surface area contributed by atoms with Crippen molar-refractivity contribution < 1.29 is 0 Å². The molecule has 2 N–H and O–H groups in total. The molecule has 5 nitrogen and oxygen atoms in total. The number of guanidine groups is 1. The van der Waals surface area contributed by atoms with Gasteiger partial charge in [-0.2, -0.15) is 11.8 Å². The summed E-state index contributed by atoms with van der Waals surface area (Å²) in [7, 11) is 4.40. The second kappa shape index (κ2) is 11.2. The SMILES string of the molecule is CCNC(=NCC1CN(C)CCN1C)NCCCCSC. The maximum atomic E-state index is 4.76. The fraction of sp³-hybridized carbons (Fsp3) is 0.933. The Balaban J connectivity index is 2.35. The molecule has 0 aromatic carbocycles. The van der Waals surface area contributed by atoms with Crippen molar-refractivity contribution in [3.8, 4) is 0 Å². The van der Waals surface area contributed by atoms with Gasteiger partial charge in [0.2, 0.25) is 0 Å². The fourth-order valence-electron chi connectivity index (χ4n) is 2.42. The summed E-state index contributed by atoms with van der Waals surface area (Å²) in [6, 6.07) is 0.524. The van der Waals surface area contributed by atoms with Crippen LogP contribution in [0.2, 0.25) is 0 Å². The minimum absolute atomic E-state index is 0.524. The lowest BCUT2D eigenvalue weighted by atomic mass is 10.2. The van der Waals surface area contributed by atoms with Crippen LogP contribution in [0.5, 0.6) is 0 Å². The maximum absolute atomic E-state index is 4.76. The molecule has 1 heterocycles. The normalized spacial score (nSPS) is 21.5. The van der Waals surface area contributed by atoms with Crippen LogP contribution < -0.4 is 10.6 Å². The van der Waals surface area contributed by atoms with Gasteiger partial charge in [0.15, 0.2) is 5.96 Å². The van der Waals surface area contributed by atoms with E-state index in [9.17, 15) is 0 Å². The molecule has 0 bridgehead atoms. The summed E-state index contributed by atoms with van der Waals surface area (Å²) >= 11 is 1.92. The molecule has 21 heavy (non-hydrogen) atoms. The van der Waals surface area contributed by atoms with Gasteiger partial charge in [-0.15, -0.1) is 0 Å². The van der Waals surface area contributed by atoms with Crippen molar-refractivity contribution in [3.05, 3.63) is 0 Å². The molecule has 1 aliphatic rings. The van der Waals surface area contributed by atoms with Crippen molar-refractivity contribution in [3.63, 3.8) is 0 Å². The molecule has 124 valence electrons. The minimum Gasteiger partial charge on any atom is -0.357 e. The van der Waals surface area contributed by atoms with E-state index in [0.29, 0.717) is 6.04 Å². The highest BCUT2D eigenvalue weighted by molar-refractivity contribution is 7.98. The van der Waals surface area contributed by atoms with Gasteiger partial charge in [0, 0.05) is 38.8 Å². The number of thioether (sulfide) groups is 1. The molecule has 0 aromatic rings.